The van der Waals surface area contributed by atoms with Crippen molar-refractivity contribution >= 4 is 11.9 Å². The lowest BCUT2D eigenvalue weighted by Crippen LogP contribution is -2.57. The van der Waals surface area contributed by atoms with Crippen LogP contribution >= 0.6 is 0 Å². The maximum Gasteiger partial charge on any atom is 0.326 e. The predicted molar refractivity (Wildman–Crippen MR) is 77.4 cm³/mol. The van der Waals surface area contributed by atoms with E-state index in [4.69, 9.17) is 0 Å². The molecule has 114 valence electrons. The van der Waals surface area contributed by atoms with Crippen molar-refractivity contribution in [1.29, 1.82) is 0 Å². The van der Waals surface area contributed by atoms with Gasteiger partial charge in [0.25, 0.3) is 0 Å². The molecule has 2 fully saturated rings. The minimum absolute atomic E-state index is 0.0717. The number of rotatable bonds is 5. The Labute approximate surface area is 121 Å². The summed E-state index contributed by atoms with van der Waals surface area (Å²) in [7, 11) is 0. The van der Waals surface area contributed by atoms with Gasteiger partial charge in [0.2, 0.25) is 5.91 Å². The zero-order valence-electron chi connectivity index (χ0n) is 12.5. The lowest BCUT2D eigenvalue weighted by Gasteiger charge is -2.47. The van der Waals surface area contributed by atoms with Crippen LogP contribution in [0.25, 0.3) is 0 Å². The Kier molecular flexibility index (Phi) is 5.44. The first kappa shape index (κ1) is 15.3. The highest BCUT2D eigenvalue weighted by Gasteiger charge is 2.43. The molecule has 20 heavy (non-hydrogen) atoms. The second kappa shape index (κ2) is 7.09. The molecule has 0 aromatic carbocycles. The van der Waals surface area contributed by atoms with Crippen LogP contribution in [0.15, 0.2) is 0 Å². The van der Waals surface area contributed by atoms with Gasteiger partial charge in [-0.3, -0.25) is 4.79 Å². The second-order valence-electron chi connectivity index (χ2n) is 6.30. The summed E-state index contributed by atoms with van der Waals surface area (Å²) in [4.78, 5) is 25.7. The summed E-state index contributed by atoms with van der Waals surface area (Å²) in [5, 5.41) is 9.43. The standard InChI is InChI=1S/C16H27NO3/c1-2-3-4-9-15(18)17-13-8-6-5-7-12(13)10-11-14(17)16(19)20/h12-14H,2-11H2,1H3,(H,19,20). The van der Waals surface area contributed by atoms with Crippen LogP contribution in [0.2, 0.25) is 0 Å². The molecule has 1 heterocycles. The van der Waals surface area contributed by atoms with Gasteiger partial charge in [-0.15, -0.1) is 0 Å². The van der Waals surface area contributed by atoms with Gasteiger partial charge in [-0.2, -0.15) is 0 Å². The van der Waals surface area contributed by atoms with Crippen LogP contribution in [0, 0.1) is 5.92 Å². The molecule has 1 saturated carbocycles. The van der Waals surface area contributed by atoms with E-state index in [9.17, 15) is 14.7 Å². The van der Waals surface area contributed by atoms with Crippen molar-refractivity contribution < 1.29 is 14.7 Å². The number of carbonyl (C=O) groups is 2. The Bertz CT molecular complexity index is 356. The Morgan fingerprint density at radius 1 is 1.10 bits per heavy atom. The second-order valence-corrected chi connectivity index (χ2v) is 6.30. The van der Waals surface area contributed by atoms with Crippen LogP contribution in [0.4, 0.5) is 0 Å². The van der Waals surface area contributed by atoms with Crippen molar-refractivity contribution in [3.05, 3.63) is 0 Å². The third-order valence-corrected chi connectivity index (χ3v) is 4.94. The van der Waals surface area contributed by atoms with Crippen molar-refractivity contribution in [2.75, 3.05) is 0 Å². The number of carbonyl (C=O) groups excluding carboxylic acids is 1. The van der Waals surface area contributed by atoms with Gasteiger partial charge >= 0.3 is 5.97 Å². The lowest BCUT2D eigenvalue weighted by molar-refractivity contribution is -0.158. The van der Waals surface area contributed by atoms with Gasteiger partial charge < -0.3 is 10.0 Å². The molecular formula is C16H27NO3. The van der Waals surface area contributed by atoms with Crippen LogP contribution in [-0.4, -0.2) is 34.0 Å². The van der Waals surface area contributed by atoms with Gasteiger partial charge in [-0.25, -0.2) is 4.79 Å². The lowest BCUT2D eigenvalue weighted by atomic mass is 9.76. The van der Waals surface area contributed by atoms with E-state index >= 15 is 0 Å². The molecule has 0 spiro atoms. The van der Waals surface area contributed by atoms with Gasteiger partial charge in [-0.05, 0) is 38.0 Å². The molecule has 3 atom stereocenters. The number of fused-ring (bicyclic) bond motifs is 1. The van der Waals surface area contributed by atoms with Crippen molar-refractivity contribution in [1.82, 2.24) is 4.90 Å². The van der Waals surface area contributed by atoms with E-state index in [0.29, 0.717) is 18.8 Å². The van der Waals surface area contributed by atoms with Crippen LogP contribution in [0.1, 0.15) is 71.1 Å². The number of amides is 1. The van der Waals surface area contributed by atoms with Crippen LogP contribution < -0.4 is 0 Å². The number of likely N-dealkylation sites (tertiary alicyclic amines) is 1. The van der Waals surface area contributed by atoms with E-state index in [0.717, 1.165) is 44.9 Å². The third-order valence-electron chi connectivity index (χ3n) is 4.94. The minimum Gasteiger partial charge on any atom is -0.480 e. The molecular weight excluding hydrogens is 254 g/mol. The average molecular weight is 281 g/mol. The van der Waals surface area contributed by atoms with Crippen LogP contribution in [-0.2, 0) is 9.59 Å². The number of carboxylic acids is 1. The summed E-state index contributed by atoms with van der Waals surface area (Å²) in [6.45, 7) is 2.11. The molecule has 1 saturated heterocycles. The largest absolute Gasteiger partial charge is 0.480 e. The first-order chi connectivity index (χ1) is 9.65. The van der Waals surface area contributed by atoms with E-state index in [1.807, 2.05) is 0 Å². The van der Waals surface area contributed by atoms with Gasteiger partial charge in [-0.1, -0.05) is 32.6 Å². The summed E-state index contributed by atoms with van der Waals surface area (Å²) in [6, 6.07) is -0.392. The zero-order chi connectivity index (χ0) is 14.5. The molecule has 1 N–H and O–H groups in total. The fourth-order valence-corrected chi connectivity index (χ4v) is 3.89. The monoisotopic (exact) mass is 281 g/mol. The fourth-order valence-electron chi connectivity index (χ4n) is 3.89. The van der Waals surface area contributed by atoms with E-state index in [1.165, 1.54) is 6.42 Å². The minimum atomic E-state index is -0.821. The predicted octanol–water partition coefficient (Wildman–Crippen LogP) is 3.20. The Hall–Kier alpha value is -1.06. The highest BCUT2D eigenvalue weighted by molar-refractivity contribution is 5.84. The Morgan fingerprint density at radius 3 is 2.55 bits per heavy atom. The summed E-state index contributed by atoms with van der Waals surface area (Å²) < 4.78 is 0. The summed E-state index contributed by atoms with van der Waals surface area (Å²) in [5.74, 6) is -0.213. The number of aliphatic carboxylic acids is 1. The van der Waals surface area contributed by atoms with Crippen molar-refractivity contribution in [2.45, 2.75) is 83.2 Å². The van der Waals surface area contributed by atoms with E-state index in [1.54, 1.807) is 4.90 Å². The van der Waals surface area contributed by atoms with Crippen molar-refractivity contribution in [3.63, 3.8) is 0 Å². The molecule has 3 unspecified atom stereocenters. The highest BCUT2D eigenvalue weighted by Crippen LogP contribution is 2.38. The van der Waals surface area contributed by atoms with Gasteiger partial charge in [0.05, 0.1) is 0 Å². The normalized spacial score (nSPS) is 29.9. The summed E-state index contributed by atoms with van der Waals surface area (Å²) in [5.41, 5.74) is 0. The zero-order valence-corrected chi connectivity index (χ0v) is 12.5. The molecule has 1 amide bonds. The number of carboxylic acid groups (broad SMARTS) is 1. The molecule has 0 aromatic rings. The molecule has 0 aromatic heterocycles. The molecule has 1 aliphatic carbocycles. The molecule has 2 rings (SSSR count). The maximum atomic E-state index is 12.5. The number of unbranched alkanes of at least 4 members (excludes halogenated alkanes) is 2. The van der Waals surface area contributed by atoms with Gasteiger partial charge in [0.15, 0.2) is 0 Å². The van der Waals surface area contributed by atoms with E-state index in [2.05, 4.69) is 6.92 Å². The first-order valence-corrected chi connectivity index (χ1v) is 8.19. The maximum absolute atomic E-state index is 12.5. The van der Waals surface area contributed by atoms with Crippen LogP contribution in [0.5, 0.6) is 0 Å². The SMILES string of the molecule is CCCCCC(=O)N1C(C(=O)O)CCC2CCCCC21. The van der Waals surface area contributed by atoms with Crippen molar-refractivity contribution in [2.24, 2.45) is 5.92 Å². The molecule has 1 aliphatic heterocycles. The van der Waals surface area contributed by atoms with Gasteiger partial charge in [0, 0.05) is 12.5 Å². The highest BCUT2D eigenvalue weighted by atomic mass is 16.4. The smallest absolute Gasteiger partial charge is 0.326 e. The van der Waals surface area contributed by atoms with Crippen molar-refractivity contribution in [3.8, 4) is 0 Å². The molecule has 0 bridgehead atoms. The van der Waals surface area contributed by atoms with E-state index in [-0.39, 0.29) is 11.9 Å². The van der Waals surface area contributed by atoms with Gasteiger partial charge in [0.1, 0.15) is 6.04 Å². The third kappa shape index (κ3) is 3.33. The number of nitrogens with zero attached hydrogens (tertiary/aromatic N) is 1. The summed E-state index contributed by atoms with van der Waals surface area (Å²) >= 11 is 0. The molecule has 0 radical (unpaired) electrons. The Morgan fingerprint density at radius 2 is 1.85 bits per heavy atom. The molecule has 4 heteroatoms. The number of hydrogen-bond donors (Lipinski definition) is 1. The first-order valence-electron chi connectivity index (χ1n) is 8.19. The van der Waals surface area contributed by atoms with Crippen LogP contribution in [0.3, 0.4) is 0 Å². The average Bonchev–Trinajstić information content (AvgIpc) is 2.46. The molecule has 4 nitrogen and oxygen atoms in total. The Balaban J connectivity index is 2.08. The fraction of sp³-hybridized carbons (Fsp3) is 0.875. The van der Waals surface area contributed by atoms with E-state index < -0.39 is 12.0 Å². The quantitative estimate of drug-likeness (QED) is 0.787. The number of piperidine rings is 1. The number of hydrogen-bond acceptors (Lipinski definition) is 2. The topological polar surface area (TPSA) is 57.6 Å². The summed E-state index contributed by atoms with van der Waals surface area (Å²) in [6.07, 6.45) is 9.66. The molecule has 2 aliphatic rings.